The molecule has 1 aromatic carbocycles. The maximum Gasteiger partial charge on any atom is 0.330 e. The van der Waals surface area contributed by atoms with Crippen LogP contribution in [0.5, 0.6) is 0 Å². The van der Waals surface area contributed by atoms with Crippen molar-refractivity contribution in [3.63, 3.8) is 0 Å². The second-order valence-corrected chi connectivity index (χ2v) is 12.5. The Labute approximate surface area is 217 Å². The van der Waals surface area contributed by atoms with Crippen LogP contribution in [0.25, 0.3) is 16.7 Å². The molecule has 0 aliphatic carbocycles. The van der Waals surface area contributed by atoms with Crippen molar-refractivity contribution in [1.29, 1.82) is 0 Å². The van der Waals surface area contributed by atoms with E-state index in [0.29, 0.717) is 25.3 Å². The predicted molar refractivity (Wildman–Crippen MR) is 153 cm³/mol. The molecule has 0 bridgehead atoms. The minimum Gasteiger partial charge on any atom is -0.371 e. The Hall–Kier alpha value is -2.08. The van der Waals surface area contributed by atoms with Gasteiger partial charge in [0.15, 0.2) is 0 Å². The molecule has 3 aromatic rings. The van der Waals surface area contributed by atoms with Gasteiger partial charge in [-0.1, -0.05) is 17.6 Å². The van der Waals surface area contributed by atoms with Crippen molar-refractivity contribution in [2.24, 2.45) is 5.92 Å². The maximum atomic E-state index is 12.9. The van der Waals surface area contributed by atoms with E-state index in [4.69, 9.17) is 14.0 Å². The SMILES string of the molecule is Bc1cc(C)c(-n2cc(C)c3c(N4CCC(CCP(=O)(OCC)OCC)CC4)cc(C)nc32)c(C)c1. The molecule has 36 heavy (non-hydrogen) atoms. The maximum absolute atomic E-state index is 12.9. The lowest BCUT2D eigenvalue weighted by Gasteiger charge is -2.34. The van der Waals surface area contributed by atoms with Gasteiger partial charge >= 0.3 is 7.60 Å². The van der Waals surface area contributed by atoms with Crippen molar-refractivity contribution >= 4 is 37.6 Å². The van der Waals surface area contributed by atoms with Crippen LogP contribution in [-0.2, 0) is 13.6 Å². The first-order valence-electron chi connectivity index (χ1n) is 13.4. The molecule has 0 radical (unpaired) electrons. The standard InChI is InChI=1S/C28H41BN3O3P/c1-7-34-36(33,35-8-2)14-11-23-9-12-31(13-10-23)25-17-22(6)30-28-26(25)21(5)18-32(28)27-19(3)15-24(29)16-20(27)4/h15-18,23H,7-14,29H2,1-6H3. The second kappa shape index (κ2) is 11.1. The summed E-state index contributed by atoms with van der Waals surface area (Å²) in [7, 11) is -0.815. The summed E-state index contributed by atoms with van der Waals surface area (Å²) in [6.07, 6.45) is 5.80. The van der Waals surface area contributed by atoms with Gasteiger partial charge in [0.1, 0.15) is 13.5 Å². The average Bonchev–Trinajstić information content (AvgIpc) is 3.13. The fourth-order valence-electron chi connectivity index (χ4n) is 5.85. The van der Waals surface area contributed by atoms with Gasteiger partial charge in [-0.25, -0.2) is 4.98 Å². The molecule has 8 heteroatoms. The number of aromatic nitrogens is 2. The van der Waals surface area contributed by atoms with Crippen LogP contribution >= 0.6 is 7.60 Å². The highest BCUT2D eigenvalue weighted by molar-refractivity contribution is 7.53. The van der Waals surface area contributed by atoms with Crippen molar-refractivity contribution in [1.82, 2.24) is 9.55 Å². The molecular weight excluding hydrogens is 468 g/mol. The van der Waals surface area contributed by atoms with Gasteiger partial charge in [0.25, 0.3) is 0 Å². The summed E-state index contributed by atoms with van der Waals surface area (Å²) in [5, 5.41) is 1.25. The Morgan fingerprint density at radius 1 is 1.00 bits per heavy atom. The molecule has 4 rings (SSSR count). The highest BCUT2D eigenvalue weighted by atomic mass is 31.2. The first-order valence-corrected chi connectivity index (χ1v) is 15.1. The molecule has 0 unspecified atom stereocenters. The molecule has 0 spiro atoms. The number of hydrogen-bond donors (Lipinski definition) is 0. The largest absolute Gasteiger partial charge is 0.371 e. The van der Waals surface area contributed by atoms with Crippen molar-refractivity contribution in [3.8, 4) is 5.69 Å². The van der Waals surface area contributed by atoms with Crippen LogP contribution < -0.4 is 10.4 Å². The van der Waals surface area contributed by atoms with E-state index in [0.717, 1.165) is 43.7 Å². The fourth-order valence-corrected chi connectivity index (χ4v) is 7.65. The number of nitrogens with zero attached hydrogens (tertiary/aromatic N) is 3. The lowest BCUT2D eigenvalue weighted by atomic mass is 9.91. The van der Waals surface area contributed by atoms with Crippen LogP contribution in [0.3, 0.4) is 0 Å². The van der Waals surface area contributed by atoms with Gasteiger partial charge in [-0.3, -0.25) is 4.57 Å². The van der Waals surface area contributed by atoms with Crippen LogP contribution in [0.15, 0.2) is 24.4 Å². The quantitative estimate of drug-likeness (QED) is 0.286. The van der Waals surface area contributed by atoms with Gasteiger partial charge in [-0.05, 0) is 89.5 Å². The number of pyridine rings is 1. The van der Waals surface area contributed by atoms with E-state index in [9.17, 15) is 4.57 Å². The number of fused-ring (bicyclic) bond motifs is 1. The third-order valence-corrected chi connectivity index (χ3v) is 9.46. The van der Waals surface area contributed by atoms with E-state index < -0.39 is 7.60 Å². The smallest absolute Gasteiger partial charge is 0.330 e. The minimum absolute atomic E-state index is 0.424. The Kier molecular flexibility index (Phi) is 8.33. The molecule has 2 aromatic heterocycles. The van der Waals surface area contributed by atoms with Crippen LogP contribution in [0, 0.1) is 33.6 Å². The molecule has 0 amide bonds. The summed E-state index contributed by atoms with van der Waals surface area (Å²) in [4.78, 5) is 7.53. The van der Waals surface area contributed by atoms with Crippen LogP contribution in [0.4, 0.5) is 5.69 Å². The lowest BCUT2D eigenvalue weighted by Crippen LogP contribution is -2.34. The first-order chi connectivity index (χ1) is 17.2. The molecule has 3 heterocycles. The third kappa shape index (κ3) is 5.59. The van der Waals surface area contributed by atoms with Crippen molar-refractivity contribution < 1.29 is 13.6 Å². The van der Waals surface area contributed by atoms with E-state index in [-0.39, 0.29) is 0 Å². The zero-order valence-electron chi connectivity index (χ0n) is 23.1. The van der Waals surface area contributed by atoms with Gasteiger partial charge in [0, 0.05) is 36.1 Å². The van der Waals surface area contributed by atoms with Crippen LogP contribution in [-0.4, -0.2) is 49.9 Å². The Bertz CT molecular complexity index is 1250. The van der Waals surface area contributed by atoms with Crippen LogP contribution in [0.2, 0.25) is 0 Å². The number of piperidine rings is 1. The number of anilines is 1. The summed E-state index contributed by atoms with van der Waals surface area (Å²) in [5.74, 6) is 0.539. The van der Waals surface area contributed by atoms with E-state index in [1.807, 2.05) is 13.8 Å². The summed E-state index contributed by atoms with van der Waals surface area (Å²) >= 11 is 0. The summed E-state index contributed by atoms with van der Waals surface area (Å²) in [5.41, 5.74) is 9.66. The van der Waals surface area contributed by atoms with Gasteiger partial charge in [-0.15, -0.1) is 0 Å². The lowest BCUT2D eigenvalue weighted by molar-refractivity contribution is 0.217. The molecule has 1 saturated heterocycles. The molecule has 1 fully saturated rings. The number of aryl methyl sites for hydroxylation is 4. The van der Waals surface area contributed by atoms with Gasteiger partial charge in [0.2, 0.25) is 0 Å². The molecule has 6 nitrogen and oxygen atoms in total. The highest BCUT2D eigenvalue weighted by Gasteiger charge is 2.28. The highest BCUT2D eigenvalue weighted by Crippen LogP contribution is 2.49. The topological polar surface area (TPSA) is 56.6 Å². The second-order valence-electron chi connectivity index (χ2n) is 10.3. The molecule has 1 aliphatic rings. The normalized spacial score (nSPS) is 15.2. The Balaban J connectivity index is 1.57. The molecule has 0 saturated carbocycles. The first kappa shape index (κ1) is 27.0. The average molecular weight is 509 g/mol. The van der Waals surface area contributed by atoms with E-state index in [1.165, 1.54) is 38.9 Å². The predicted octanol–water partition coefficient (Wildman–Crippen LogP) is 5.39. The van der Waals surface area contributed by atoms with E-state index in [2.05, 4.69) is 69.4 Å². The summed E-state index contributed by atoms with van der Waals surface area (Å²) in [6.45, 7) is 15.2. The Morgan fingerprint density at radius 3 is 2.19 bits per heavy atom. The van der Waals surface area contributed by atoms with E-state index >= 15 is 0 Å². The van der Waals surface area contributed by atoms with Crippen molar-refractivity contribution in [2.75, 3.05) is 37.4 Å². The molecule has 1 aliphatic heterocycles. The summed E-state index contributed by atoms with van der Waals surface area (Å²) < 4.78 is 26.2. The molecule has 194 valence electrons. The number of rotatable bonds is 9. The number of hydrogen-bond acceptors (Lipinski definition) is 5. The van der Waals surface area contributed by atoms with Crippen molar-refractivity contribution in [2.45, 2.75) is 60.8 Å². The van der Waals surface area contributed by atoms with Gasteiger partial charge < -0.3 is 18.5 Å². The van der Waals surface area contributed by atoms with Crippen molar-refractivity contribution in [3.05, 3.63) is 46.8 Å². The van der Waals surface area contributed by atoms with E-state index in [1.54, 1.807) is 0 Å². The summed E-state index contributed by atoms with van der Waals surface area (Å²) in [6, 6.07) is 6.75. The minimum atomic E-state index is -2.97. The number of benzene rings is 1. The fraction of sp³-hybridized carbons (Fsp3) is 0.536. The zero-order chi connectivity index (χ0) is 26.0. The Morgan fingerprint density at radius 2 is 1.61 bits per heavy atom. The molecule has 0 atom stereocenters. The van der Waals surface area contributed by atoms with Crippen LogP contribution in [0.1, 0.15) is 55.5 Å². The molecule has 0 N–H and O–H groups in total. The monoisotopic (exact) mass is 509 g/mol. The van der Waals surface area contributed by atoms with Gasteiger partial charge in [0.05, 0.1) is 25.1 Å². The van der Waals surface area contributed by atoms with Gasteiger partial charge in [-0.2, -0.15) is 0 Å². The molecular formula is C28H41BN3O3P. The third-order valence-electron chi connectivity index (χ3n) is 7.35. The zero-order valence-corrected chi connectivity index (χ0v) is 24.0.